The summed E-state index contributed by atoms with van der Waals surface area (Å²) >= 11 is 0. The molecule has 30 heavy (non-hydrogen) atoms. The third-order valence-corrected chi connectivity index (χ3v) is 5.85. The third kappa shape index (κ3) is 6.03. The van der Waals surface area contributed by atoms with Gasteiger partial charge in [0.15, 0.2) is 0 Å². The van der Waals surface area contributed by atoms with Gasteiger partial charge in [-0.1, -0.05) is 24.3 Å². The zero-order chi connectivity index (χ0) is 21.5. The maximum Gasteiger partial charge on any atom is 0.222 e. The van der Waals surface area contributed by atoms with Crippen LogP contribution in [0, 0.1) is 18.7 Å². The van der Waals surface area contributed by atoms with E-state index >= 15 is 0 Å². The van der Waals surface area contributed by atoms with Crippen molar-refractivity contribution in [3.63, 3.8) is 0 Å². The second-order valence-corrected chi connectivity index (χ2v) is 7.98. The summed E-state index contributed by atoms with van der Waals surface area (Å²) in [4.78, 5) is 14.4. The Kier molecular flexibility index (Phi) is 7.82. The number of aliphatic hydroxyl groups excluding tert-OH is 1. The predicted octanol–water partition coefficient (Wildman–Crippen LogP) is 3.42. The quantitative estimate of drug-likeness (QED) is 0.650. The number of amides is 1. The molecule has 1 atom stereocenters. The minimum Gasteiger partial charge on any atom is -0.497 e. The van der Waals surface area contributed by atoms with Crippen molar-refractivity contribution in [1.29, 1.82) is 0 Å². The summed E-state index contributed by atoms with van der Waals surface area (Å²) in [6.07, 6.45) is 2.00. The first-order valence-corrected chi connectivity index (χ1v) is 10.5. The molecule has 0 aromatic heterocycles. The van der Waals surface area contributed by atoms with E-state index in [0.29, 0.717) is 38.0 Å². The van der Waals surface area contributed by atoms with Crippen LogP contribution in [0.5, 0.6) is 5.75 Å². The molecule has 0 spiro atoms. The smallest absolute Gasteiger partial charge is 0.222 e. The molecule has 0 aliphatic carbocycles. The number of carbonyl (C=O) groups excluding carboxylic acids is 1. The summed E-state index contributed by atoms with van der Waals surface area (Å²) in [7, 11) is 1.64. The fourth-order valence-electron chi connectivity index (χ4n) is 3.84. The molecule has 2 aromatic rings. The lowest BCUT2D eigenvalue weighted by atomic mass is 9.94. The molecule has 162 valence electrons. The van der Waals surface area contributed by atoms with E-state index in [1.807, 2.05) is 35.2 Å². The number of methoxy groups -OCH3 is 1. The summed E-state index contributed by atoms with van der Waals surface area (Å²) in [5, 5.41) is 13.6. The van der Waals surface area contributed by atoms with Crippen molar-refractivity contribution in [2.45, 2.75) is 45.4 Å². The average Bonchev–Trinajstić information content (AvgIpc) is 2.78. The Balaban J connectivity index is 1.40. The first kappa shape index (κ1) is 22.2. The number of carbonyl (C=O) groups is 1. The fraction of sp³-hybridized carbons (Fsp3) is 0.458. The molecule has 0 radical (unpaired) electrons. The van der Waals surface area contributed by atoms with Crippen molar-refractivity contribution in [2.75, 3.05) is 20.2 Å². The number of piperidine rings is 1. The zero-order valence-corrected chi connectivity index (χ0v) is 17.7. The van der Waals surface area contributed by atoms with Crippen LogP contribution in [0.15, 0.2) is 42.5 Å². The van der Waals surface area contributed by atoms with Crippen molar-refractivity contribution in [1.82, 2.24) is 10.2 Å². The Hall–Kier alpha value is -2.44. The van der Waals surface area contributed by atoms with Crippen molar-refractivity contribution in [2.24, 2.45) is 5.92 Å². The largest absolute Gasteiger partial charge is 0.497 e. The summed E-state index contributed by atoms with van der Waals surface area (Å²) in [6, 6.07) is 12.9. The number of likely N-dealkylation sites (tertiary alicyclic amines) is 1. The van der Waals surface area contributed by atoms with Crippen molar-refractivity contribution in [3.05, 3.63) is 65.0 Å². The molecule has 2 N–H and O–H groups in total. The molecule has 1 fully saturated rings. The summed E-state index contributed by atoms with van der Waals surface area (Å²) < 4.78 is 18.9. The van der Waals surface area contributed by atoms with E-state index in [4.69, 9.17) is 4.74 Å². The Morgan fingerprint density at radius 3 is 2.70 bits per heavy atom. The number of nitrogens with one attached hydrogen (secondary N) is 1. The van der Waals surface area contributed by atoms with Gasteiger partial charge in [0.2, 0.25) is 5.91 Å². The molecule has 3 rings (SSSR count). The minimum absolute atomic E-state index is 0.0859. The van der Waals surface area contributed by atoms with E-state index in [-0.39, 0.29) is 17.6 Å². The van der Waals surface area contributed by atoms with Gasteiger partial charge < -0.3 is 14.7 Å². The van der Waals surface area contributed by atoms with Gasteiger partial charge in [-0.3, -0.25) is 10.1 Å². The Morgan fingerprint density at radius 1 is 1.23 bits per heavy atom. The Labute approximate surface area is 177 Å². The van der Waals surface area contributed by atoms with Gasteiger partial charge in [-0.25, -0.2) is 4.39 Å². The van der Waals surface area contributed by atoms with Crippen LogP contribution in [-0.4, -0.2) is 42.3 Å². The molecule has 1 saturated heterocycles. The number of benzene rings is 2. The second-order valence-electron chi connectivity index (χ2n) is 7.98. The number of halogens is 1. The molecule has 1 amide bonds. The van der Waals surface area contributed by atoms with E-state index in [1.54, 1.807) is 20.1 Å². The fourth-order valence-corrected chi connectivity index (χ4v) is 3.84. The molecule has 0 unspecified atom stereocenters. The van der Waals surface area contributed by atoms with Gasteiger partial charge in [-0.15, -0.1) is 0 Å². The number of aliphatic hydroxyl groups is 1. The zero-order valence-electron chi connectivity index (χ0n) is 17.7. The lowest BCUT2D eigenvalue weighted by Crippen LogP contribution is -2.45. The molecular formula is C24H31FN2O3. The number of ether oxygens (including phenoxy) is 1. The number of hydrogen-bond donors (Lipinski definition) is 2. The van der Waals surface area contributed by atoms with Crippen LogP contribution in [0.1, 0.15) is 36.0 Å². The standard InChI is InChI=1S/C24H31FN2O3/c1-17-6-7-19(15-22(17)25)16-26-24(29)20-10-12-27(13-11-20)23(28)9-8-18-4-3-5-21(14-18)30-2/h3-7,14-15,20,24,26,29H,8-13,16H2,1-2H3/t24-/m1/s1. The monoisotopic (exact) mass is 414 g/mol. The molecule has 1 heterocycles. The molecule has 2 aromatic carbocycles. The van der Waals surface area contributed by atoms with E-state index < -0.39 is 6.23 Å². The van der Waals surface area contributed by atoms with Gasteiger partial charge in [-0.05, 0) is 61.1 Å². The molecule has 6 heteroatoms. The number of aryl methyl sites for hydroxylation is 2. The third-order valence-electron chi connectivity index (χ3n) is 5.85. The normalized spacial score (nSPS) is 15.8. The van der Waals surface area contributed by atoms with Crippen LogP contribution in [-0.2, 0) is 17.8 Å². The Bertz CT molecular complexity index is 850. The highest BCUT2D eigenvalue weighted by Gasteiger charge is 2.27. The van der Waals surface area contributed by atoms with Gasteiger partial charge in [0, 0.05) is 32.0 Å². The second kappa shape index (κ2) is 10.5. The minimum atomic E-state index is -0.664. The van der Waals surface area contributed by atoms with Crippen LogP contribution >= 0.6 is 0 Å². The van der Waals surface area contributed by atoms with Gasteiger partial charge in [-0.2, -0.15) is 0 Å². The summed E-state index contributed by atoms with van der Waals surface area (Å²) in [5.74, 6) is 0.803. The predicted molar refractivity (Wildman–Crippen MR) is 115 cm³/mol. The molecule has 1 aliphatic heterocycles. The maximum absolute atomic E-state index is 13.7. The van der Waals surface area contributed by atoms with Gasteiger partial charge in [0.25, 0.3) is 0 Å². The topological polar surface area (TPSA) is 61.8 Å². The summed E-state index contributed by atoms with van der Waals surface area (Å²) in [5.41, 5.74) is 2.51. The number of rotatable bonds is 8. The highest BCUT2D eigenvalue weighted by Crippen LogP contribution is 2.21. The number of hydrogen-bond acceptors (Lipinski definition) is 4. The SMILES string of the molecule is COc1cccc(CCC(=O)N2CCC([C@@H](O)NCc3ccc(C)c(F)c3)CC2)c1. The van der Waals surface area contributed by atoms with Crippen molar-refractivity contribution >= 4 is 5.91 Å². The van der Waals surface area contributed by atoms with Gasteiger partial charge in [0.05, 0.1) is 7.11 Å². The molecule has 0 bridgehead atoms. The maximum atomic E-state index is 13.7. The van der Waals surface area contributed by atoms with Crippen LogP contribution < -0.4 is 10.1 Å². The average molecular weight is 415 g/mol. The van der Waals surface area contributed by atoms with Crippen LogP contribution in [0.25, 0.3) is 0 Å². The van der Waals surface area contributed by atoms with Gasteiger partial charge >= 0.3 is 0 Å². The molecule has 1 aliphatic rings. The molecular weight excluding hydrogens is 383 g/mol. The van der Waals surface area contributed by atoms with E-state index in [1.165, 1.54) is 6.07 Å². The van der Waals surface area contributed by atoms with Crippen LogP contribution in [0.2, 0.25) is 0 Å². The number of nitrogens with zero attached hydrogens (tertiary/aromatic N) is 1. The van der Waals surface area contributed by atoms with Crippen LogP contribution in [0.3, 0.4) is 0 Å². The highest BCUT2D eigenvalue weighted by atomic mass is 19.1. The Morgan fingerprint density at radius 2 is 2.00 bits per heavy atom. The molecule has 0 saturated carbocycles. The highest BCUT2D eigenvalue weighted by molar-refractivity contribution is 5.76. The summed E-state index contributed by atoms with van der Waals surface area (Å²) in [6.45, 7) is 3.45. The lowest BCUT2D eigenvalue weighted by Gasteiger charge is -2.34. The van der Waals surface area contributed by atoms with Crippen molar-refractivity contribution < 1.29 is 19.0 Å². The van der Waals surface area contributed by atoms with Gasteiger partial charge in [0.1, 0.15) is 17.8 Å². The lowest BCUT2D eigenvalue weighted by molar-refractivity contribution is -0.133. The first-order valence-electron chi connectivity index (χ1n) is 10.5. The van der Waals surface area contributed by atoms with Crippen LogP contribution in [0.4, 0.5) is 4.39 Å². The molecule has 5 nitrogen and oxygen atoms in total. The van der Waals surface area contributed by atoms with E-state index in [0.717, 1.165) is 29.7 Å². The van der Waals surface area contributed by atoms with E-state index in [2.05, 4.69) is 5.32 Å². The van der Waals surface area contributed by atoms with E-state index in [9.17, 15) is 14.3 Å². The first-order chi connectivity index (χ1) is 14.5. The van der Waals surface area contributed by atoms with Crippen molar-refractivity contribution in [3.8, 4) is 5.75 Å².